The van der Waals surface area contributed by atoms with Gasteiger partial charge in [-0.15, -0.1) is 0 Å². The molecule has 28 heavy (non-hydrogen) atoms. The van der Waals surface area contributed by atoms with E-state index >= 15 is 0 Å². The summed E-state index contributed by atoms with van der Waals surface area (Å²) in [7, 11) is 0. The largest absolute Gasteiger partial charge is 0.318 e. The second-order valence-corrected chi connectivity index (χ2v) is 7.09. The lowest BCUT2D eigenvalue weighted by atomic mass is 9.91. The van der Waals surface area contributed by atoms with E-state index in [0.29, 0.717) is 12.5 Å². The Labute approximate surface area is 165 Å². The van der Waals surface area contributed by atoms with Gasteiger partial charge in [0.1, 0.15) is 5.82 Å². The normalized spacial score (nSPS) is 19.8. The van der Waals surface area contributed by atoms with Crippen LogP contribution in [0.3, 0.4) is 0 Å². The standard InChI is InChI=1S/C25H21N3/c1-2-9-19(10-3-1)17-26-18-20-11-8-16-25(27-20)28-23-14-6-4-12-21(23)22-13-5-7-15-24(22)28/h1-16,18,21,23H,17H2/b26-18+. The van der Waals surface area contributed by atoms with Gasteiger partial charge in [0.2, 0.25) is 0 Å². The van der Waals surface area contributed by atoms with Gasteiger partial charge in [0.15, 0.2) is 0 Å². The average Bonchev–Trinajstić information content (AvgIpc) is 3.09. The molecule has 1 aromatic heterocycles. The molecule has 0 spiro atoms. The number of benzene rings is 2. The first-order valence-corrected chi connectivity index (χ1v) is 9.64. The zero-order valence-corrected chi connectivity index (χ0v) is 15.5. The van der Waals surface area contributed by atoms with E-state index in [0.717, 1.165) is 11.5 Å². The number of para-hydroxylation sites is 1. The van der Waals surface area contributed by atoms with Crippen LogP contribution in [0.5, 0.6) is 0 Å². The molecule has 2 aromatic carbocycles. The van der Waals surface area contributed by atoms with E-state index < -0.39 is 0 Å². The minimum Gasteiger partial charge on any atom is -0.318 e. The summed E-state index contributed by atoms with van der Waals surface area (Å²) in [5, 5.41) is 0. The van der Waals surface area contributed by atoms with Crippen LogP contribution in [0.1, 0.15) is 22.7 Å². The van der Waals surface area contributed by atoms with E-state index in [1.54, 1.807) is 0 Å². The van der Waals surface area contributed by atoms with Gasteiger partial charge < -0.3 is 4.90 Å². The summed E-state index contributed by atoms with van der Waals surface area (Å²) < 4.78 is 0. The Hall–Kier alpha value is -3.46. The van der Waals surface area contributed by atoms with Crippen molar-refractivity contribution in [1.82, 2.24) is 4.98 Å². The number of pyridine rings is 1. The molecule has 0 radical (unpaired) electrons. The maximum Gasteiger partial charge on any atom is 0.134 e. The molecule has 0 saturated carbocycles. The van der Waals surface area contributed by atoms with Gasteiger partial charge in [0.05, 0.1) is 18.3 Å². The highest BCUT2D eigenvalue weighted by molar-refractivity contribution is 5.79. The fourth-order valence-electron chi connectivity index (χ4n) is 4.03. The molecule has 2 aliphatic rings. The zero-order valence-electron chi connectivity index (χ0n) is 15.5. The third kappa shape index (κ3) is 3.05. The SMILES string of the molecule is C1=CC2c3ccccc3N(c3cccc(/C=N/Cc4ccccc4)n3)C2C=C1. The quantitative estimate of drug-likeness (QED) is 0.578. The lowest BCUT2D eigenvalue weighted by molar-refractivity contribution is 0.738. The first-order valence-electron chi connectivity index (χ1n) is 9.64. The van der Waals surface area contributed by atoms with E-state index in [9.17, 15) is 0 Å². The number of rotatable bonds is 4. The topological polar surface area (TPSA) is 28.5 Å². The first-order chi connectivity index (χ1) is 13.9. The highest BCUT2D eigenvalue weighted by Gasteiger charge is 2.37. The average molecular weight is 363 g/mol. The third-order valence-corrected chi connectivity index (χ3v) is 5.30. The fourth-order valence-corrected chi connectivity index (χ4v) is 4.03. The summed E-state index contributed by atoms with van der Waals surface area (Å²) >= 11 is 0. The highest BCUT2D eigenvalue weighted by Crippen LogP contribution is 2.46. The van der Waals surface area contributed by atoms with Crippen molar-refractivity contribution in [3.8, 4) is 0 Å². The molecular weight excluding hydrogens is 342 g/mol. The van der Waals surface area contributed by atoms with Gasteiger partial charge in [-0.25, -0.2) is 4.98 Å². The van der Waals surface area contributed by atoms with Gasteiger partial charge in [-0.3, -0.25) is 4.99 Å². The molecule has 1 aliphatic heterocycles. The van der Waals surface area contributed by atoms with Crippen LogP contribution in [0.2, 0.25) is 0 Å². The van der Waals surface area contributed by atoms with Crippen molar-refractivity contribution in [2.24, 2.45) is 4.99 Å². The summed E-state index contributed by atoms with van der Waals surface area (Å²) in [4.78, 5) is 11.8. The van der Waals surface area contributed by atoms with E-state index in [4.69, 9.17) is 4.98 Å². The summed E-state index contributed by atoms with van der Waals surface area (Å²) in [6.45, 7) is 0.664. The number of hydrogen-bond acceptors (Lipinski definition) is 3. The van der Waals surface area contributed by atoms with E-state index in [2.05, 4.69) is 82.7 Å². The van der Waals surface area contributed by atoms with Gasteiger partial charge in [-0.1, -0.05) is 78.9 Å². The van der Waals surface area contributed by atoms with Crippen LogP contribution in [-0.4, -0.2) is 17.2 Å². The van der Waals surface area contributed by atoms with Crippen molar-refractivity contribution in [3.63, 3.8) is 0 Å². The number of hydrogen-bond donors (Lipinski definition) is 0. The van der Waals surface area contributed by atoms with Gasteiger partial charge in [-0.2, -0.15) is 0 Å². The van der Waals surface area contributed by atoms with Gasteiger partial charge in [-0.05, 0) is 29.3 Å². The number of allylic oxidation sites excluding steroid dienone is 2. The van der Waals surface area contributed by atoms with Crippen LogP contribution in [0.4, 0.5) is 11.5 Å². The summed E-state index contributed by atoms with van der Waals surface area (Å²) in [5.41, 5.74) is 4.67. The van der Waals surface area contributed by atoms with E-state index in [1.807, 2.05) is 30.5 Å². The molecule has 3 heteroatoms. The Bertz CT molecular complexity index is 1070. The summed E-state index contributed by atoms with van der Waals surface area (Å²) in [5.74, 6) is 1.34. The number of nitrogens with zero attached hydrogens (tertiary/aromatic N) is 3. The molecule has 2 atom stereocenters. The fraction of sp³-hybridized carbons (Fsp3) is 0.120. The third-order valence-electron chi connectivity index (χ3n) is 5.30. The monoisotopic (exact) mass is 363 g/mol. The molecule has 2 heterocycles. The van der Waals surface area contributed by atoms with Crippen molar-refractivity contribution in [2.75, 3.05) is 4.90 Å². The lowest BCUT2D eigenvalue weighted by Crippen LogP contribution is -2.29. The molecule has 1 aliphatic carbocycles. The first kappa shape index (κ1) is 16.7. The Morgan fingerprint density at radius 3 is 2.61 bits per heavy atom. The Kier molecular flexibility index (Phi) is 4.34. The van der Waals surface area contributed by atoms with Crippen LogP contribution in [0, 0.1) is 0 Å². The smallest absolute Gasteiger partial charge is 0.134 e. The van der Waals surface area contributed by atoms with Crippen molar-refractivity contribution in [2.45, 2.75) is 18.5 Å². The van der Waals surface area contributed by atoms with Crippen LogP contribution < -0.4 is 4.90 Å². The Morgan fingerprint density at radius 2 is 1.68 bits per heavy atom. The second-order valence-electron chi connectivity index (χ2n) is 7.09. The van der Waals surface area contributed by atoms with Gasteiger partial charge in [0.25, 0.3) is 0 Å². The zero-order chi connectivity index (χ0) is 18.8. The number of aromatic nitrogens is 1. The van der Waals surface area contributed by atoms with Crippen LogP contribution in [0.25, 0.3) is 0 Å². The predicted octanol–water partition coefficient (Wildman–Crippen LogP) is 5.43. The van der Waals surface area contributed by atoms with E-state index in [-0.39, 0.29) is 6.04 Å². The van der Waals surface area contributed by atoms with Gasteiger partial charge >= 0.3 is 0 Å². The summed E-state index contributed by atoms with van der Waals surface area (Å²) in [6, 6.07) is 25.3. The molecule has 0 amide bonds. The number of anilines is 2. The Morgan fingerprint density at radius 1 is 0.857 bits per heavy atom. The van der Waals surface area contributed by atoms with Gasteiger partial charge in [0, 0.05) is 17.8 Å². The highest BCUT2D eigenvalue weighted by atomic mass is 15.2. The maximum absolute atomic E-state index is 4.89. The van der Waals surface area contributed by atoms with Crippen molar-refractivity contribution < 1.29 is 0 Å². The van der Waals surface area contributed by atoms with Crippen molar-refractivity contribution in [1.29, 1.82) is 0 Å². The summed E-state index contributed by atoms with van der Waals surface area (Å²) in [6.07, 6.45) is 10.7. The molecule has 0 N–H and O–H groups in total. The second kappa shape index (κ2) is 7.28. The number of fused-ring (bicyclic) bond motifs is 3. The van der Waals surface area contributed by atoms with Crippen LogP contribution in [-0.2, 0) is 6.54 Å². The van der Waals surface area contributed by atoms with Crippen LogP contribution >= 0.6 is 0 Å². The molecule has 3 aromatic rings. The number of aliphatic imine (C=N–C) groups is 1. The Balaban J connectivity index is 1.44. The van der Waals surface area contributed by atoms with Crippen molar-refractivity contribution >= 4 is 17.7 Å². The molecule has 136 valence electrons. The van der Waals surface area contributed by atoms with E-state index in [1.165, 1.54) is 16.8 Å². The molecular formula is C25H21N3. The minimum absolute atomic E-state index is 0.270. The lowest BCUT2D eigenvalue weighted by Gasteiger charge is -2.27. The molecule has 0 fully saturated rings. The molecule has 0 saturated heterocycles. The molecule has 5 rings (SSSR count). The molecule has 0 bridgehead atoms. The molecule has 2 unspecified atom stereocenters. The molecule has 3 nitrogen and oxygen atoms in total. The van der Waals surface area contributed by atoms with Crippen molar-refractivity contribution in [3.05, 3.63) is 114 Å². The predicted molar refractivity (Wildman–Crippen MR) is 115 cm³/mol. The minimum atomic E-state index is 0.270. The maximum atomic E-state index is 4.89. The van der Waals surface area contributed by atoms with Crippen LogP contribution in [0.15, 0.2) is 102 Å².